The lowest BCUT2D eigenvalue weighted by Gasteiger charge is -2.29. The Balaban J connectivity index is 1.11. The molecular formula is C87H141N25O21S2. The second-order valence-corrected chi connectivity index (χ2v) is 38.2. The number of rotatable bonds is 52. The number of aromatic nitrogens is 1. The number of carbonyl (C=O) groups excluding carboxylic acids is 20. The number of primary amides is 2. The number of likely N-dealkylation sites (tertiary alicyclic amines) is 2. The summed E-state index contributed by atoms with van der Waals surface area (Å²) in [4.78, 5) is 277. The molecule has 46 nitrogen and oxygen atoms in total. The molecule has 135 heavy (non-hydrogen) atoms. The van der Waals surface area contributed by atoms with E-state index in [2.05, 4.69) is 95.4 Å². The lowest BCUT2D eigenvalue weighted by atomic mass is 9.98. The van der Waals surface area contributed by atoms with Gasteiger partial charge in [-0.25, -0.2) is 0 Å². The standard InChI is InChI=1S/C87H141N25O21S2/c1-12-49(10)72(84(131)95-31-27-66(115)93-32-28-70(119)111-33-17-22-63(111)82(129)103-56(73(90)120)38-51-39-97-54-21-14-13-19-52(51)54)109-69(118)41-99-76(123)60(42-113)107-85(132)71(48(8)9)110-80(127)59(37-47(6)7)106-78(125)55(25-26-65(89)114)102-81(128)62-44-135-134-43-61(77(124)94-29-16-24-67(116)101-62)108-83(130)64-23-18-34-112(64)86(133)50(11)100-68(117)40-98-75(122)57(35-45(2)3)105-79(126)58(36-46(4)5)104-74(121)53(88)20-15-30-96-87(91)92/h13-14,19,21,39,45-50,53,55-64,71-72,97,113H,12,15-18,20,22-38,40-44,88H2,1-11H3,(H2,89,114)(H2,90,120)(H,93,115)(H,94,124)(H,95,131)(H,98,122)(H,99,123)(H,100,117)(H,101,116)(H,102,128)(H,103,129)(H,104,121)(H,105,126)(H,106,125)(H,107,132)(H,108,130)(H,109,118)(H,110,127)(H4,91,92,96)/t49-,50-,53-,55-,56-,57-,58-,59-,60-,61-,62-,63-,64-,71-,72-/m0/s1. The maximum Gasteiger partial charge on any atom is 0.245 e. The third kappa shape index (κ3) is 39.1. The molecule has 752 valence electrons. The predicted molar refractivity (Wildman–Crippen MR) is 501 cm³/mol. The molecule has 3 fully saturated rings. The van der Waals surface area contributed by atoms with Crippen LogP contribution in [0.25, 0.3) is 10.9 Å². The topological polar surface area (TPSA) is 716 Å². The van der Waals surface area contributed by atoms with Crippen LogP contribution in [0.5, 0.6) is 0 Å². The summed E-state index contributed by atoms with van der Waals surface area (Å²) in [7, 11) is 2.03. The van der Waals surface area contributed by atoms with E-state index in [0.29, 0.717) is 38.6 Å². The van der Waals surface area contributed by atoms with E-state index in [4.69, 9.17) is 28.3 Å². The minimum atomic E-state index is -1.71. The highest BCUT2D eigenvalue weighted by Crippen LogP contribution is 2.27. The molecule has 5 rings (SSSR count). The minimum Gasteiger partial charge on any atom is -0.394 e. The first kappa shape index (κ1) is 114. The van der Waals surface area contributed by atoms with Crippen LogP contribution in [0.2, 0.25) is 0 Å². The Bertz CT molecular complexity index is 4460. The molecule has 0 radical (unpaired) electrons. The van der Waals surface area contributed by atoms with E-state index in [0.717, 1.165) is 38.1 Å². The average molecular weight is 1940 g/mol. The molecule has 0 saturated carbocycles. The number of H-pyrrole nitrogens is 1. The van der Waals surface area contributed by atoms with Crippen molar-refractivity contribution in [2.45, 2.75) is 270 Å². The van der Waals surface area contributed by atoms with Gasteiger partial charge in [-0.1, -0.05) is 115 Å². The first-order valence-electron chi connectivity index (χ1n) is 45.9. The maximum absolute atomic E-state index is 14.4. The quantitative estimate of drug-likeness (QED) is 0.0127. The summed E-state index contributed by atoms with van der Waals surface area (Å²) >= 11 is 0. The van der Waals surface area contributed by atoms with Crippen LogP contribution in [-0.2, 0) is 102 Å². The summed E-state index contributed by atoms with van der Waals surface area (Å²) in [6, 6.07) is -9.98. The fraction of sp³-hybridized carbons (Fsp3) is 0.667. The van der Waals surface area contributed by atoms with Crippen molar-refractivity contribution in [1.82, 2.24) is 105 Å². The number of nitrogens with zero attached hydrogens (tertiary/aromatic N) is 2. The van der Waals surface area contributed by atoms with Crippen molar-refractivity contribution in [3.05, 3.63) is 36.0 Å². The highest BCUT2D eigenvalue weighted by Gasteiger charge is 2.42. The molecule has 1 aromatic heterocycles. The van der Waals surface area contributed by atoms with Gasteiger partial charge in [-0.15, -0.1) is 0 Å². The molecule has 0 spiro atoms. The second-order valence-electron chi connectivity index (χ2n) is 35.6. The Hall–Kier alpha value is -12.0. The van der Waals surface area contributed by atoms with Crippen LogP contribution in [0.1, 0.15) is 184 Å². The van der Waals surface area contributed by atoms with Crippen molar-refractivity contribution in [3.63, 3.8) is 0 Å². The number of aliphatic hydroxyl groups is 1. The smallest absolute Gasteiger partial charge is 0.245 e. The van der Waals surface area contributed by atoms with Crippen molar-refractivity contribution in [3.8, 4) is 0 Å². The number of benzene rings is 1. The summed E-state index contributed by atoms with van der Waals surface area (Å²) in [5.74, 6) is -17.1. The molecule has 15 atom stereocenters. The number of guanidine groups is 1. The van der Waals surface area contributed by atoms with Crippen LogP contribution < -0.4 is 113 Å². The van der Waals surface area contributed by atoms with Crippen molar-refractivity contribution < 1.29 is 101 Å². The molecule has 0 bridgehead atoms. The van der Waals surface area contributed by atoms with Crippen molar-refractivity contribution in [1.29, 1.82) is 5.41 Å². The molecule has 3 aliphatic rings. The number of amides is 20. The largest absolute Gasteiger partial charge is 0.394 e. The third-order valence-electron chi connectivity index (χ3n) is 22.6. The Morgan fingerprint density at radius 3 is 1.70 bits per heavy atom. The fourth-order valence-electron chi connectivity index (χ4n) is 15.1. The van der Waals surface area contributed by atoms with Crippen LogP contribution in [0.3, 0.4) is 0 Å². The van der Waals surface area contributed by atoms with Crippen LogP contribution in [0.4, 0.5) is 0 Å². The van der Waals surface area contributed by atoms with Crippen LogP contribution in [0, 0.1) is 35.0 Å². The summed E-state index contributed by atoms with van der Waals surface area (Å²) in [6.07, 6.45) is 3.13. The summed E-state index contributed by atoms with van der Waals surface area (Å²) in [5.41, 5.74) is 24.3. The van der Waals surface area contributed by atoms with Gasteiger partial charge in [0, 0.05) is 100.0 Å². The maximum atomic E-state index is 14.4. The van der Waals surface area contributed by atoms with Gasteiger partial charge in [0.25, 0.3) is 0 Å². The number of aromatic amines is 1. The van der Waals surface area contributed by atoms with Crippen LogP contribution >= 0.6 is 21.6 Å². The third-order valence-corrected chi connectivity index (χ3v) is 25.1. The zero-order valence-corrected chi connectivity index (χ0v) is 80.4. The minimum absolute atomic E-state index is 0.0462. The van der Waals surface area contributed by atoms with E-state index in [-0.39, 0.29) is 132 Å². The Morgan fingerprint density at radius 1 is 0.541 bits per heavy atom. The molecule has 28 N–H and O–H groups in total. The van der Waals surface area contributed by atoms with E-state index in [1.165, 1.54) is 16.7 Å². The molecule has 4 heterocycles. The van der Waals surface area contributed by atoms with Crippen LogP contribution in [-0.4, -0.2) is 299 Å². The van der Waals surface area contributed by atoms with Gasteiger partial charge in [-0.2, -0.15) is 0 Å². The number of fused-ring (bicyclic) bond motifs is 1. The molecule has 3 aliphatic heterocycles. The first-order valence-corrected chi connectivity index (χ1v) is 48.4. The lowest BCUT2D eigenvalue weighted by Crippen LogP contribution is -2.61. The molecule has 0 aliphatic carbocycles. The number of hydrogen-bond donors (Lipinski definition) is 24. The summed E-state index contributed by atoms with van der Waals surface area (Å²) in [5, 5.41) is 62.7. The summed E-state index contributed by atoms with van der Waals surface area (Å²) < 4.78 is 0. The number of nitrogens with two attached hydrogens (primary N) is 4. The molecule has 1 aromatic carbocycles. The van der Waals surface area contributed by atoms with Gasteiger partial charge < -0.3 is 133 Å². The molecule has 2 aromatic rings. The van der Waals surface area contributed by atoms with Gasteiger partial charge >= 0.3 is 0 Å². The predicted octanol–water partition coefficient (Wildman–Crippen LogP) is -5.24. The van der Waals surface area contributed by atoms with E-state index in [9.17, 15) is 101 Å². The second kappa shape index (κ2) is 57.7. The zero-order chi connectivity index (χ0) is 100. The molecule has 20 amide bonds. The number of hydrogen-bond acceptors (Lipinski definition) is 25. The van der Waals surface area contributed by atoms with Crippen molar-refractivity contribution in [2.24, 2.45) is 52.5 Å². The molecule has 3 saturated heterocycles. The van der Waals surface area contributed by atoms with E-state index in [1.807, 2.05) is 52.0 Å². The molecule has 0 unspecified atom stereocenters. The van der Waals surface area contributed by atoms with Gasteiger partial charge in [0.05, 0.1) is 25.7 Å². The summed E-state index contributed by atoms with van der Waals surface area (Å²) in [6.45, 7) is 16.6. The van der Waals surface area contributed by atoms with Crippen LogP contribution in [0.15, 0.2) is 30.5 Å². The zero-order valence-electron chi connectivity index (χ0n) is 78.8. The monoisotopic (exact) mass is 1940 g/mol. The Kier molecular flexibility index (Phi) is 48.5. The fourth-order valence-corrected chi connectivity index (χ4v) is 17.4. The van der Waals surface area contributed by atoms with Gasteiger partial charge in [0.2, 0.25) is 118 Å². The van der Waals surface area contributed by atoms with Crippen molar-refractivity contribution >= 4 is 157 Å². The van der Waals surface area contributed by atoms with Crippen molar-refractivity contribution in [2.75, 3.05) is 70.5 Å². The number of nitrogens with one attached hydrogen (secondary N) is 19. The SMILES string of the molecule is CC[C@H](C)[C@H](NC(=O)CNC(=O)[C@H](CO)NC(=O)[C@@H](NC(=O)[C@H](CC(C)C)NC(=O)[C@H](CCC(N)=O)NC(=O)[C@@H]1CSSC[C@H](NC(=O)[C@@H]2CCCN2C(=O)[C@H](C)NC(=O)CNC(=O)[C@H](CC(C)C)NC(=O)[C@H](CC(C)C)NC(=O)[C@@H](N)CCCNC(=N)N)C(=O)NCCCC(=O)N1)C(C)C)C(=O)NCCC(=O)NCCC(=O)N1CCC[C@H]1C(=O)N[C@@H](Cc1c[nH]c2ccccc12)C(N)=O. The van der Waals surface area contributed by atoms with Gasteiger partial charge in [-0.05, 0) is 119 Å². The van der Waals surface area contributed by atoms with E-state index >= 15 is 0 Å². The highest BCUT2D eigenvalue weighted by atomic mass is 33.1. The van der Waals surface area contributed by atoms with Gasteiger partial charge in [0.15, 0.2) is 5.96 Å². The average Bonchev–Trinajstić information content (AvgIpc) is 1.67. The Morgan fingerprint density at radius 2 is 1.10 bits per heavy atom. The first-order chi connectivity index (χ1) is 63.8. The number of aliphatic hydroxyl groups excluding tert-OH is 1. The lowest BCUT2D eigenvalue weighted by molar-refractivity contribution is -0.141. The number of para-hydroxylation sites is 1. The number of carbonyl (C=O) groups is 20. The Labute approximate surface area is 793 Å². The van der Waals surface area contributed by atoms with E-state index in [1.54, 1.807) is 47.7 Å². The van der Waals surface area contributed by atoms with Gasteiger partial charge in [-0.3, -0.25) is 101 Å². The highest BCUT2D eigenvalue weighted by molar-refractivity contribution is 8.76. The molecule has 48 heteroatoms. The van der Waals surface area contributed by atoms with Gasteiger partial charge in [0.1, 0.15) is 78.5 Å². The normalized spacial score (nSPS) is 18.3. The molecular weight excluding hydrogens is 1800 g/mol. The van der Waals surface area contributed by atoms with E-state index < -0.39 is 247 Å².